The molecule has 0 bridgehead atoms. The van der Waals surface area contributed by atoms with Gasteiger partial charge >= 0.3 is 11.8 Å². The Balaban J connectivity index is 2.28. The van der Waals surface area contributed by atoms with Crippen LogP contribution in [0.1, 0.15) is 21.6 Å². The smallest absolute Gasteiger partial charge is 0.284 e. The molecule has 0 atom stereocenters. The predicted octanol–water partition coefficient (Wildman–Crippen LogP) is 1.44. The molecule has 1 aromatic heterocycles. The fraction of sp³-hybridized carbons (Fsp3) is 0.143. The molecule has 2 rings (SSSR count). The number of aromatic nitrogens is 1. The van der Waals surface area contributed by atoms with Gasteiger partial charge in [0, 0.05) is 13.0 Å². The number of pyridine rings is 1. The van der Waals surface area contributed by atoms with Crippen molar-refractivity contribution in [1.82, 2.24) is 0 Å². The highest BCUT2D eigenvalue weighted by Crippen LogP contribution is 2.04. The lowest BCUT2D eigenvalue weighted by Crippen LogP contribution is -2.50. The number of rotatable bonds is 2. The van der Waals surface area contributed by atoms with Gasteiger partial charge in [0.25, 0.3) is 0 Å². The van der Waals surface area contributed by atoms with E-state index >= 15 is 0 Å². The van der Waals surface area contributed by atoms with Crippen LogP contribution >= 0.6 is 0 Å². The van der Waals surface area contributed by atoms with Crippen molar-refractivity contribution in [3.8, 4) is 0 Å². The van der Waals surface area contributed by atoms with E-state index in [1.807, 2.05) is 26.0 Å². The lowest BCUT2D eigenvalue weighted by atomic mass is 10.2. The zero-order valence-electron chi connectivity index (χ0n) is 10.4. The molecule has 0 unspecified atom stereocenters. The Bertz CT molecular complexity index is 557. The van der Waals surface area contributed by atoms with Crippen LogP contribution in [0.2, 0.25) is 0 Å². The molecule has 4 nitrogen and oxygen atoms in total. The molecule has 0 radical (unpaired) electrons. The van der Waals surface area contributed by atoms with Gasteiger partial charge in [-0.1, -0.05) is 18.2 Å². The summed E-state index contributed by atoms with van der Waals surface area (Å²) in [6, 6.07) is 12.5. The number of hydrogen-bond acceptors (Lipinski definition) is 3. The third-order valence-corrected chi connectivity index (χ3v) is 2.55. The number of carbonyl (C=O) groups is 1. The van der Waals surface area contributed by atoms with Crippen LogP contribution in [0.4, 0.5) is 5.82 Å². The molecule has 0 aliphatic carbocycles. The lowest BCUT2D eigenvalue weighted by Gasteiger charge is -2.06. The Hall–Kier alpha value is -2.36. The maximum atomic E-state index is 11.9. The molecule has 0 saturated heterocycles. The maximum Gasteiger partial charge on any atom is 0.388 e. The molecule has 4 heteroatoms. The van der Waals surface area contributed by atoms with Gasteiger partial charge in [-0.2, -0.15) is 0 Å². The molecule has 18 heavy (non-hydrogen) atoms. The lowest BCUT2D eigenvalue weighted by molar-refractivity contribution is -0.860. The molecule has 0 saturated carbocycles. The summed E-state index contributed by atoms with van der Waals surface area (Å²) in [6.45, 7) is 3.77. The van der Waals surface area contributed by atoms with Crippen LogP contribution in [0, 0.1) is 13.8 Å². The summed E-state index contributed by atoms with van der Waals surface area (Å²) in [5.74, 6) is -0.0314. The highest BCUT2D eigenvalue weighted by Gasteiger charge is 2.16. The molecule has 92 valence electrons. The molecule has 0 aliphatic heterocycles. The van der Waals surface area contributed by atoms with Crippen molar-refractivity contribution in [2.24, 2.45) is 0 Å². The van der Waals surface area contributed by atoms with Gasteiger partial charge in [-0.25, -0.2) is 4.79 Å². The zero-order chi connectivity index (χ0) is 13.1. The van der Waals surface area contributed by atoms with Crippen LogP contribution in [-0.4, -0.2) is 5.97 Å². The third-order valence-electron chi connectivity index (χ3n) is 2.55. The van der Waals surface area contributed by atoms with Crippen LogP contribution in [0.3, 0.4) is 0 Å². The van der Waals surface area contributed by atoms with Crippen LogP contribution < -0.4 is 15.3 Å². The molecule has 1 aromatic carbocycles. The van der Waals surface area contributed by atoms with Crippen molar-refractivity contribution in [3.05, 3.63) is 59.3 Å². The number of hydrogen-bond donors (Lipinski definition) is 1. The van der Waals surface area contributed by atoms with E-state index in [0.717, 1.165) is 11.3 Å². The Morgan fingerprint density at radius 2 is 1.83 bits per heavy atom. The summed E-state index contributed by atoms with van der Waals surface area (Å²) in [5, 5.41) is 0. The van der Waals surface area contributed by atoms with E-state index in [9.17, 15) is 4.79 Å². The van der Waals surface area contributed by atoms with Crippen molar-refractivity contribution in [1.29, 1.82) is 0 Å². The minimum Gasteiger partial charge on any atom is -0.284 e. The van der Waals surface area contributed by atoms with Gasteiger partial charge in [0.15, 0.2) is 0 Å². The Kier molecular flexibility index (Phi) is 3.28. The summed E-state index contributed by atoms with van der Waals surface area (Å²) >= 11 is 0. The van der Waals surface area contributed by atoms with E-state index < -0.39 is 5.97 Å². The highest BCUT2D eigenvalue weighted by molar-refractivity contribution is 5.89. The van der Waals surface area contributed by atoms with Crippen molar-refractivity contribution in [2.75, 3.05) is 5.73 Å². The van der Waals surface area contributed by atoms with Crippen molar-refractivity contribution in [2.45, 2.75) is 13.8 Å². The van der Waals surface area contributed by atoms with Gasteiger partial charge in [-0.05, 0) is 35.4 Å². The average molecular weight is 243 g/mol. The van der Waals surface area contributed by atoms with Crippen molar-refractivity contribution >= 4 is 11.8 Å². The minimum absolute atomic E-state index is 0.400. The van der Waals surface area contributed by atoms with Gasteiger partial charge in [0.1, 0.15) is 5.69 Å². The number of carbonyl (C=O) groups excluding carboxylic acids is 1. The SMILES string of the molecule is Cc1cc(C)[n+](OC(=O)c2ccccc2)c(N)c1. The minimum atomic E-state index is -0.431. The fourth-order valence-electron chi connectivity index (χ4n) is 1.76. The molecule has 2 N–H and O–H groups in total. The number of nitrogens with two attached hydrogens (primary N) is 1. The highest BCUT2D eigenvalue weighted by atomic mass is 16.7. The molecule has 1 heterocycles. The monoisotopic (exact) mass is 243 g/mol. The number of nitrogen functional groups attached to an aromatic ring is 1. The summed E-state index contributed by atoms with van der Waals surface area (Å²) in [7, 11) is 0. The second-order valence-corrected chi connectivity index (χ2v) is 4.14. The van der Waals surface area contributed by atoms with Gasteiger partial charge < -0.3 is 0 Å². The molecule has 0 amide bonds. The number of nitrogens with zero attached hydrogens (tertiary/aromatic N) is 1. The average Bonchev–Trinajstić information content (AvgIpc) is 2.34. The molecule has 0 aliphatic rings. The fourth-order valence-corrected chi connectivity index (χ4v) is 1.76. The Labute approximate surface area is 106 Å². The van der Waals surface area contributed by atoms with Crippen molar-refractivity contribution < 1.29 is 14.4 Å². The second kappa shape index (κ2) is 4.87. The third kappa shape index (κ3) is 2.48. The first-order valence-corrected chi connectivity index (χ1v) is 5.64. The van der Waals surface area contributed by atoms with E-state index in [0.29, 0.717) is 11.4 Å². The topological polar surface area (TPSA) is 56.2 Å². The van der Waals surface area contributed by atoms with Crippen LogP contribution in [0.25, 0.3) is 0 Å². The summed E-state index contributed by atoms with van der Waals surface area (Å²) in [6.07, 6.45) is 0. The number of anilines is 1. The zero-order valence-corrected chi connectivity index (χ0v) is 10.4. The normalized spacial score (nSPS) is 10.1. The van der Waals surface area contributed by atoms with Gasteiger partial charge in [-0.15, -0.1) is 0 Å². The number of benzene rings is 1. The van der Waals surface area contributed by atoms with E-state index in [1.165, 1.54) is 4.73 Å². The van der Waals surface area contributed by atoms with Crippen LogP contribution in [0.15, 0.2) is 42.5 Å². The molecule has 2 aromatic rings. The van der Waals surface area contributed by atoms with Gasteiger partial charge in [0.05, 0.1) is 5.56 Å². The quantitative estimate of drug-likeness (QED) is 0.812. The standard InChI is InChI=1S/C14H14N2O2/c1-10-8-11(2)16(13(15)9-10)18-14(17)12-6-4-3-5-7-12/h3-9,15H,1-2H3/p+1. The predicted molar refractivity (Wildman–Crippen MR) is 67.9 cm³/mol. The van der Waals surface area contributed by atoms with Crippen molar-refractivity contribution in [3.63, 3.8) is 0 Å². The maximum absolute atomic E-state index is 11.9. The van der Waals surface area contributed by atoms with E-state index in [2.05, 4.69) is 0 Å². The van der Waals surface area contributed by atoms with E-state index in [-0.39, 0.29) is 0 Å². The summed E-state index contributed by atoms with van der Waals surface area (Å²) < 4.78 is 1.34. The Morgan fingerprint density at radius 3 is 2.44 bits per heavy atom. The first-order chi connectivity index (χ1) is 8.58. The molecule has 0 fully saturated rings. The van der Waals surface area contributed by atoms with Crippen LogP contribution in [-0.2, 0) is 0 Å². The first-order valence-electron chi connectivity index (χ1n) is 5.64. The van der Waals surface area contributed by atoms with E-state index in [1.54, 1.807) is 30.3 Å². The first kappa shape index (κ1) is 12.1. The Morgan fingerprint density at radius 1 is 1.17 bits per heavy atom. The molecular weight excluding hydrogens is 228 g/mol. The molecular formula is C14H15N2O2+. The van der Waals surface area contributed by atoms with Crippen LogP contribution in [0.5, 0.6) is 0 Å². The second-order valence-electron chi connectivity index (χ2n) is 4.14. The molecule has 0 spiro atoms. The number of aryl methyl sites for hydroxylation is 2. The largest absolute Gasteiger partial charge is 0.388 e. The summed E-state index contributed by atoms with van der Waals surface area (Å²) in [5.41, 5.74) is 8.12. The van der Waals surface area contributed by atoms with Gasteiger partial charge in [-0.3, -0.25) is 10.6 Å². The van der Waals surface area contributed by atoms with Gasteiger partial charge in [0.2, 0.25) is 0 Å². The van der Waals surface area contributed by atoms with E-state index in [4.69, 9.17) is 10.6 Å². The summed E-state index contributed by atoms with van der Waals surface area (Å²) in [4.78, 5) is 17.2.